The number of halogens is 1. The van der Waals surface area contributed by atoms with Crippen LogP contribution in [-0.2, 0) is 22.4 Å². The fourth-order valence-electron chi connectivity index (χ4n) is 3.27. The van der Waals surface area contributed by atoms with Crippen LogP contribution in [0, 0.1) is 11.7 Å². The highest BCUT2D eigenvalue weighted by Crippen LogP contribution is 2.28. The van der Waals surface area contributed by atoms with Crippen molar-refractivity contribution in [2.24, 2.45) is 5.92 Å². The molecule has 2 aromatic rings. The van der Waals surface area contributed by atoms with Crippen molar-refractivity contribution in [3.8, 4) is 5.75 Å². The Kier molecular flexibility index (Phi) is 6.06. The average molecular weight is 371 g/mol. The first-order chi connectivity index (χ1) is 13.0. The number of carbonyl (C=O) groups is 2. The van der Waals surface area contributed by atoms with Crippen LogP contribution < -0.4 is 10.1 Å². The monoisotopic (exact) mass is 371 g/mol. The molecule has 2 N–H and O–H groups in total. The van der Waals surface area contributed by atoms with Crippen molar-refractivity contribution < 1.29 is 23.8 Å². The molecule has 1 heterocycles. The van der Waals surface area contributed by atoms with Crippen LogP contribution in [0.5, 0.6) is 5.75 Å². The molecular weight excluding hydrogens is 349 g/mol. The van der Waals surface area contributed by atoms with Crippen molar-refractivity contribution in [3.05, 3.63) is 65.5 Å². The molecule has 5 nitrogen and oxygen atoms in total. The highest BCUT2D eigenvalue weighted by atomic mass is 19.1. The van der Waals surface area contributed by atoms with Crippen molar-refractivity contribution >= 4 is 11.9 Å². The summed E-state index contributed by atoms with van der Waals surface area (Å²) < 4.78 is 19.0. The quantitative estimate of drug-likeness (QED) is 0.785. The molecule has 1 aliphatic heterocycles. The third-order valence-corrected chi connectivity index (χ3v) is 4.68. The first-order valence-electron chi connectivity index (χ1n) is 8.98. The second-order valence-corrected chi connectivity index (χ2v) is 6.79. The minimum absolute atomic E-state index is 0.0208. The molecule has 0 fully saturated rings. The highest BCUT2D eigenvalue weighted by Gasteiger charge is 2.28. The molecule has 0 saturated heterocycles. The molecule has 1 amide bonds. The van der Waals surface area contributed by atoms with Gasteiger partial charge < -0.3 is 15.2 Å². The van der Waals surface area contributed by atoms with Crippen molar-refractivity contribution in [3.63, 3.8) is 0 Å². The summed E-state index contributed by atoms with van der Waals surface area (Å²) in [5.74, 6) is -1.28. The second kappa shape index (κ2) is 8.66. The standard InChI is InChI=1S/C21H22FNO4/c22-17-6-8-19-15(12-17)11-16(13-27-19)21(26)23-18(7-9-20(24)25)10-14-4-2-1-3-5-14/h1-6,8,12,16,18H,7,9-11,13H2,(H,23,26)(H,24,25). The zero-order valence-electron chi connectivity index (χ0n) is 14.9. The summed E-state index contributed by atoms with van der Waals surface area (Å²) >= 11 is 0. The Morgan fingerprint density at radius 3 is 2.74 bits per heavy atom. The SMILES string of the molecule is O=C(O)CCC(Cc1ccccc1)NC(=O)C1COc2ccc(F)cc2C1. The number of carboxylic acids is 1. The number of amides is 1. The molecule has 0 saturated carbocycles. The van der Waals surface area contributed by atoms with Gasteiger partial charge in [0.05, 0.1) is 5.92 Å². The van der Waals surface area contributed by atoms with Crippen LogP contribution in [0.1, 0.15) is 24.0 Å². The Labute approximate surface area is 157 Å². The van der Waals surface area contributed by atoms with Crippen molar-refractivity contribution in [2.45, 2.75) is 31.7 Å². The fraction of sp³-hybridized carbons (Fsp3) is 0.333. The molecule has 6 heteroatoms. The first-order valence-corrected chi connectivity index (χ1v) is 8.98. The van der Waals surface area contributed by atoms with Crippen molar-refractivity contribution in [1.29, 1.82) is 0 Å². The Morgan fingerprint density at radius 2 is 2.00 bits per heavy atom. The van der Waals surface area contributed by atoms with E-state index in [2.05, 4.69) is 5.32 Å². The van der Waals surface area contributed by atoms with Gasteiger partial charge >= 0.3 is 5.97 Å². The van der Waals surface area contributed by atoms with Gasteiger partial charge in [-0.25, -0.2) is 4.39 Å². The number of ether oxygens (including phenoxy) is 1. The predicted octanol–water partition coefficient (Wildman–Crippen LogP) is 2.97. The lowest BCUT2D eigenvalue weighted by atomic mass is 9.94. The molecule has 0 spiro atoms. The second-order valence-electron chi connectivity index (χ2n) is 6.79. The number of carboxylic acid groups (broad SMARTS) is 1. The minimum atomic E-state index is -0.896. The molecule has 1 aliphatic rings. The zero-order chi connectivity index (χ0) is 19.2. The molecule has 0 bridgehead atoms. The summed E-state index contributed by atoms with van der Waals surface area (Å²) in [6, 6.07) is 13.6. The van der Waals surface area contributed by atoms with E-state index in [1.165, 1.54) is 12.1 Å². The van der Waals surface area contributed by atoms with E-state index in [4.69, 9.17) is 9.84 Å². The van der Waals surface area contributed by atoms with Gasteiger partial charge in [-0.2, -0.15) is 0 Å². The van der Waals surface area contributed by atoms with E-state index in [1.54, 1.807) is 6.07 Å². The molecule has 27 heavy (non-hydrogen) atoms. The molecule has 0 radical (unpaired) electrons. The molecule has 2 atom stereocenters. The van der Waals surface area contributed by atoms with Gasteiger partial charge in [-0.3, -0.25) is 9.59 Å². The van der Waals surface area contributed by atoms with Crippen LogP contribution >= 0.6 is 0 Å². The summed E-state index contributed by atoms with van der Waals surface area (Å²) in [7, 11) is 0. The summed E-state index contributed by atoms with van der Waals surface area (Å²) in [5.41, 5.74) is 1.70. The van der Waals surface area contributed by atoms with E-state index in [0.717, 1.165) is 5.56 Å². The number of hydrogen-bond donors (Lipinski definition) is 2. The molecular formula is C21H22FNO4. The summed E-state index contributed by atoms with van der Waals surface area (Å²) in [6.45, 7) is 0.224. The van der Waals surface area contributed by atoms with E-state index in [9.17, 15) is 14.0 Å². The predicted molar refractivity (Wildman–Crippen MR) is 98.0 cm³/mol. The van der Waals surface area contributed by atoms with Gasteiger partial charge in [0, 0.05) is 12.5 Å². The van der Waals surface area contributed by atoms with Crippen LogP contribution in [0.3, 0.4) is 0 Å². The lowest BCUT2D eigenvalue weighted by Gasteiger charge is -2.27. The van der Waals surface area contributed by atoms with Gasteiger partial charge in [0.2, 0.25) is 5.91 Å². The average Bonchev–Trinajstić information content (AvgIpc) is 2.66. The van der Waals surface area contributed by atoms with Gasteiger partial charge in [-0.05, 0) is 48.6 Å². The number of hydrogen-bond acceptors (Lipinski definition) is 3. The molecule has 2 unspecified atom stereocenters. The Hall–Kier alpha value is -2.89. The maximum atomic E-state index is 13.4. The largest absolute Gasteiger partial charge is 0.492 e. The summed E-state index contributed by atoms with van der Waals surface area (Å²) in [4.78, 5) is 23.7. The van der Waals surface area contributed by atoms with Crippen LogP contribution in [-0.4, -0.2) is 29.6 Å². The van der Waals surface area contributed by atoms with E-state index in [-0.39, 0.29) is 30.8 Å². The Morgan fingerprint density at radius 1 is 1.22 bits per heavy atom. The lowest BCUT2D eigenvalue weighted by Crippen LogP contribution is -2.43. The maximum absolute atomic E-state index is 13.4. The number of carbonyl (C=O) groups excluding carboxylic acids is 1. The number of fused-ring (bicyclic) bond motifs is 1. The van der Waals surface area contributed by atoms with Crippen LogP contribution in [0.2, 0.25) is 0 Å². The van der Waals surface area contributed by atoms with Crippen LogP contribution in [0.4, 0.5) is 4.39 Å². The molecule has 3 rings (SSSR count). The number of nitrogens with one attached hydrogen (secondary N) is 1. The van der Waals surface area contributed by atoms with Crippen molar-refractivity contribution in [1.82, 2.24) is 5.32 Å². The summed E-state index contributed by atoms with van der Waals surface area (Å²) in [5, 5.41) is 11.9. The lowest BCUT2D eigenvalue weighted by molar-refractivity contribution is -0.137. The van der Waals surface area contributed by atoms with Crippen molar-refractivity contribution in [2.75, 3.05) is 6.61 Å². The molecule has 142 valence electrons. The maximum Gasteiger partial charge on any atom is 0.303 e. The van der Waals surface area contributed by atoms with E-state index >= 15 is 0 Å². The zero-order valence-corrected chi connectivity index (χ0v) is 14.9. The smallest absolute Gasteiger partial charge is 0.303 e. The summed E-state index contributed by atoms with van der Waals surface area (Å²) in [6.07, 6.45) is 1.27. The normalized spacial score (nSPS) is 16.7. The van der Waals surface area contributed by atoms with Gasteiger partial charge in [-0.15, -0.1) is 0 Å². The molecule has 0 aromatic heterocycles. The van der Waals surface area contributed by atoms with Gasteiger partial charge in [0.15, 0.2) is 0 Å². The Bertz CT molecular complexity index is 809. The first kappa shape index (κ1) is 18.9. The third-order valence-electron chi connectivity index (χ3n) is 4.68. The number of aliphatic carboxylic acids is 1. The molecule has 0 aliphatic carbocycles. The third kappa shape index (κ3) is 5.29. The van der Waals surface area contributed by atoms with Gasteiger partial charge in [0.25, 0.3) is 0 Å². The minimum Gasteiger partial charge on any atom is -0.492 e. The van der Waals surface area contributed by atoms with E-state index in [0.29, 0.717) is 30.6 Å². The fourth-order valence-corrected chi connectivity index (χ4v) is 3.27. The number of rotatable bonds is 7. The van der Waals surface area contributed by atoms with Gasteiger partial charge in [0.1, 0.15) is 18.2 Å². The molecule has 2 aromatic carbocycles. The van der Waals surface area contributed by atoms with Gasteiger partial charge in [-0.1, -0.05) is 30.3 Å². The van der Waals surface area contributed by atoms with Crippen LogP contribution in [0.15, 0.2) is 48.5 Å². The number of benzene rings is 2. The van der Waals surface area contributed by atoms with E-state index in [1.807, 2.05) is 30.3 Å². The Balaban J connectivity index is 1.65. The van der Waals surface area contributed by atoms with Crippen LogP contribution in [0.25, 0.3) is 0 Å². The highest BCUT2D eigenvalue weighted by molar-refractivity contribution is 5.80. The topological polar surface area (TPSA) is 75.6 Å². The van der Waals surface area contributed by atoms with E-state index < -0.39 is 11.9 Å².